The predicted octanol–water partition coefficient (Wildman–Crippen LogP) is -0.765. The number of amides is 1. The maximum absolute atomic E-state index is 13.6. The molecule has 1 amide bonds. The molecule has 0 saturated heterocycles. The molecule has 14 heteroatoms. The lowest BCUT2D eigenvalue weighted by Crippen LogP contribution is -2.87. The summed E-state index contributed by atoms with van der Waals surface area (Å²) >= 11 is 0. The van der Waals surface area contributed by atoms with E-state index in [2.05, 4.69) is 37.0 Å². The van der Waals surface area contributed by atoms with Crippen LogP contribution in [-0.4, -0.2) is 52.3 Å². The van der Waals surface area contributed by atoms with Gasteiger partial charge in [0.15, 0.2) is 17.3 Å². The van der Waals surface area contributed by atoms with Crippen LogP contribution in [0.3, 0.4) is 0 Å². The first kappa shape index (κ1) is 26.1. The molecular formula is C21H23FN6O6S. The fraction of sp³-hybridized carbons (Fsp3) is 0.238. The number of fused-ring (bicyclic) bond motifs is 1. The summed E-state index contributed by atoms with van der Waals surface area (Å²) in [4.78, 5) is 24.9. The van der Waals surface area contributed by atoms with Crippen molar-refractivity contribution in [1.29, 1.82) is 0 Å². The molecule has 0 bridgehead atoms. The normalized spacial score (nSPS) is 12.4. The third-order valence-electron chi connectivity index (χ3n) is 4.73. The number of hydrogen-bond donors (Lipinski definition) is 3. The molecular weight excluding hydrogens is 483 g/mol. The number of para-hydroxylation sites is 2. The Labute approximate surface area is 200 Å². The van der Waals surface area contributed by atoms with Crippen molar-refractivity contribution in [2.75, 3.05) is 13.1 Å². The monoisotopic (exact) mass is 506 g/mol. The Balaban J connectivity index is 0.000000623. The first-order valence-electron chi connectivity index (χ1n) is 10.5. The molecule has 0 spiro atoms. The van der Waals surface area contributed by atoms with Crippen LogP contribution < -0.4 is 16.0 Å². The summed E-state index contributed by atoms with van der Waals surface area (Å²) in [6.07, 6.45) is 4.29. The second kappa shape index (κ2) is 12.2. The Morgan fingerprint density at radius 3 is 2.63 bits per heavy atom. The second-order valence-corrected chi connectivity index (χ2v) is 8.14. The topological polar surface area (TPSA) is 194 Å². The predicted molar refractivity (Wildman–Crippen MR) is 117 cm³/mol. The number of halogens is 1. The van der Waals surface area contributed by atoms with Gasteiger partial charge in [-0.05, 0) is 18.2 Å². The number of pyridine rings is 1. The van der Waals surface area contributed by atoms with Gasteiger partial charge in [0, 0.05) is 22.7 Å². The Morgan fingerprint density at radius 1 is 1.14 bits per heavy atom. The number of carbonyl (C=O) groups excluding carboxylic acids is 1. The fourth-order valence-corrected chi connectivity index (χ4v) is 3.16. The highest BCUT2D eigenvalue weighted by molar-refractivity contribution is 7.79. The van der Waals surface area contributed by atoms with Gasteiger partial charge < -0.3 is 24.2 Å². The summed E-state index contributed by atoms with van der Waals surface area (Å²) in [7, 11) is -5.17. The first-order valence-corrected chi connectivity index (χ1v) is 11.8. The molecule has 0 atom stereocenters. The van der Waals surface area contributed by atoms with Crippen LogP contribution in [0.4, 0.5) is 15.8 Å². The van der Waals surface area contributed by atoms with Gasteiger partial charge in [0.2, 0.25) is 5.84 Å². The van der Waals surface area contributed by atoms with E-state index in [-0.39, 0.29) is 17.9 Å². The van der Waals surface area contributed by atoms with E-state index >= 15 is 0 Å². The first-order chi connectivity index (χ1) is 16.7. The zero-order valence-electron chi connectivity index (χ0n) is 18.4. The van der Waals surface area contributed by atoms with Gasteiger partial charge in [-0.25, -0.2) is 9.37 Å². The van der Waals surface area contributed by atoms with Crippen molar-refractivity contribution in [2.24, 2.45) is 4.99 Å². The van der Waals surface area contributed by atoms with E-state index < -0.39 is 22.1 Å². The Bertz CT molecular complexity index is 1290. The number of nitrogens with two attached hydrogens (primary N) is 2. The minimum Gasteiger partial charge on any atom is -0.759 e. The Hall–Kier alpha value is -3.56. The molecule has 186 valence electrons. The van der Waals surface area contributed by atoms with Gasteiger partial charge in [-0.2, -0.15) is 4.99 Å². The summed E-state index contributed by atoms with van der Waals surface area (Å²) in [5.41, 5.74) is 2.55. The average molecular weight is 507 g/mol. The highest BCUT2D eigenvalue weighted by Gasteiger charge is 2.18. The highest BCUT2D eigenvalue weighted by atomic mass is 32.3. The number of benzene rings is 1. The molecule has 0 saturated carbocycles. The molecule has 5 N–H and O–H groups in total. The quantitative estimate of drug-likeness (QED) is 0.146. The van der Waals surface area contributed by atoms with Crippen LogP contribution >= 0.6 is 0 Å². The van der Waals surface area contributed by atoms with E-state index in [0.29, 0.717) is 12.3 Å². The largest absolute Gasteiger partial charge is 0.759 e. The minimum atomic E-state index is -5.17. The van der Waals surface area contributed by atoms with Crippen LogP contribution in [0, 0.1) is 5.82 Å². The van der Waals surface area contributed by atoms with Crippen LogP contribution in [0.15, 0.2) is 58.3 Å². The SMILES string of the molecule is O=C(NCc1ncccc1F)c1coc(CC[NH2+]CCC2=Nc3ccccc3[NH2+]2)n1.O=S(=O)([O-])[O-]. The maximum atomic E-state index is 13.6. The van der Waals surface area contributed by atoms with Gasteiger partial charge in [-0.15, -0.1) is 0 Å². The molecule has 2 aromatic heterocycles. The van der Waals surface area contributed by atoms with Crippen LogP contribution in [-0.2, 0) is 23.4 Å². The summed E-state index contributed by atoms with van der Waals surface area (Å²) in [6.45, 7) is 1.69. The molecule has 1 aliphatic rings. The van der Waals surface area contributed by atoms with Gasteiger partial charge in [0.05, 0.1) is 38.2 Å². The van der Waals surface area contributed by atoms with E-state index in [4.69, 9.17) is 21.9 Å². The third-order valence-corrected chi connectivity index (χ3v) is 4.73. The van der Waals surface area contributed by atoms with Gasteiger partial charge in [0.25, 0.3) is 5.91 Å². The lowest BCUT2D eigenvalue weighted by Gasteiger charge is -2.06. The number of carbonyl (C=O) groups is 1. The number of oxazole rings is 1. The smallest absolute Gasteiger partial charge is 0.273 e. The zero-order chi connectivity index (χ0) is 25.3. The highest BCUT2D eigenvalue weighted by Crippen LogP contribution is 2.22. The van der Waals surface area contributed by atoms with Crippen molar-refractivity contribution in [2.45, 2.75) is 19.4 Å². The van der Waals surface area contributed by atoms with Crippen LogP contribution in [0.1, 0.15) is 28.5 Å². The Kier molecular flexibility index (Phi) is 9.11. The molecule has 0 unspecified atom stereocenters. The molecule has 0 aliphatic carbocycles. The van der Waals surface area contributed by atoms with Crippen molar-refractivity contribution in [3.8, 4) is 0 Å². The number of aromatic nitrogens is 2. The lowest BCUT2D eigenvalue weighted by molar-refractivity contribution is -0.654. The number of quaternary nitrogens is 2. The van der Waals surface area contributed by atoms with Crippen LogP contribution in [0.25, 0.3) is 0 Å². The van der Waals surface area contributed by atoms with E-state index in [1.807, 2.05) is 18.2 Å². The fourth-order valence-electron chi connectivity index (χ4n) is 3.16. The van der Waals surface area contributed by atoms with Crippen molar-refractivity contribution in [1.82, 2.24) is 15.3 Å². The van der Waals surface area contributed by atoms with Crippen molar-refractivity contribution < 1.29 is 41.8 Å². The molecule has 1 aliphatic heterocycles. The van der Waals surface area contributed by atoms with Crippen LogP contribution in [0.5, 0.6) is 0 Å². The van der Waals surface area contributed by atoms with E-state index in [1.165, 1.54) is 30.3 Å². The lowest BCUT2D eigenvalue weighted by atomic mass is 10.3. The van der Waals surface area contributed by atoms with Crippen molar-refractivity contribution in [3.63, 3.8) is 0 Å². The minimum absolute atomic E-state index is 0.00769. The number of aliphatic imine (C=N–C) groups is 1. The molecule has 4 rings (SSSR count). The summed E-state index contributed by atoms with van der Waals surface area (Å²) in [5.74, 6) is 0.706. The van der Waals surface area contributed by atoms with Gasteiger partial charge >= 0.3 is 0 Å². The maximum Gasteiger partial charge on any atom is 0.273 e. The van der Waals surface area contributed by atoms with Gasteiger partial charge in [0.1, 0.15) is 17.8 Å². The van der Waals surface area contributed by atoms with E-state index in [0.717, 1.165) is 31.0 Å². The number of hydrogen-bond acceptors (Lipinski definition) is 9. The molecule has 0 fully saturated rings. The van der Waals surface area contributed by atoms with Crippen molar-refractivity contribution in [3.05, 3.63) is 72.0 Å². The van der Waals surface area contributed by atoms with E-state index in [9.17, 15) is 9.18 Å². The number of amidine groups is 1. The number of nitrogens with one attached hydrogen (secondary N) is 1. The molecule has 35 heavy (non-hydrogen) atoms. The van der Waals surface area contributed by atoms with E-state index in [1.54, 1.807) is 0 Å². The Morgan fingerprint density at radius 2 is 1.89 bits per heavy atom. The molecule has 3 heterocycles. The molecule has 3 aromatic rings. The van der Waals surface area contributed by atoms with Crippen molar-refractivity contribution >= 4 is 33.5 Å². The summed E-state index contributed by atoms with van der Waals surface area (Å²) < 4.78 is 53.0. The summed E-state index contributed by atoms with van der Waals surface area (Å²) in [5, 5.41) is 6.89. The number of nitrogens with zero attached hydrogens (tertiary/aromatic N) is 3. The zero-order valence-corrected chi connectivity index (χ0v) is 19.2. The average Bonchev–Trinajstić information content (AvgIpc) is 3.44. The molecule has 0 radical (unpaired) electrons. The number of rotatable bonds is 9. The van der Waals surface area contributed by atoms with Gasteiger partial charge in [-0.1, -0.05) is 12.1 Å². The summed E-state index contributed by atoms with van der Waals surface area (Å²) in [6, 6.07) is 10.9. The molecule has 12 nitrogen and oxygen atoms in total. The second-order valence-electron chi connectivity index (χ2n) is 7.32. The molecule has 1 aromatic carbocycles. The third kappa shape index (κ3) is 8.95. The van der Waals surface area contributed by atoms with Crippen LogP contribution in [0.2, 0.25) is 0 Å². The van der Waals surface area contributed by atoms with Gasteiger partial charge in [-0.3, -0.25) is 23.5 Å². The standard InChI is InChI=1S/C21H21FN6O2.H2O4S/c22-14-4-3-9-24-17(14)12-25-21(29)18-13-30-20(28-18)8-11-23-10-7-19-26-15-5-1-2-6-16(15)27-19;1-5(2,3)4/h1-6,9,13,23H,7-8,10-12H2,(H,25,29)(H,26,27);(H2,1,2,3,4).